The minimum atomic E-state index is -0.480. The topological polar surface area (TPSA) is 33.0 Å². The van der Waals surface area contributed by atoms with Crippen LogP contribution in [0.1, 0.15) is 27.2 Å². The van der Waals surface area contributed by atoms with Gasteiger partial charge in [-0.25, -0.2) is 0 Å². The first-order valence-corrected chi connectivity index (χ1v) is 4.28. The first-order valence-electron chi connectivity index (χ1n) is 3.48. The fourth-order valence-electron chi connectivity index (χ4n) is 0.911. The molecular formula is C8H14BrNO. The van der Waals surface area contributed by atoms with E-state index in [2.05, 4.69) is 22.0 Å². The van der Waals surface area contributed by atoms with Crippen molar-refractivity contribution in [2.45, 2.75) is 37.1 Å². The van der Waals surface area contributed by atoms with Crippen molar-refractivity contribution in [3.8, 4) is 6.07 Å². The second kappa shape index (κ2) is 3.55. The second-order valence-corrected chi connectivity index (χ2v) is 5.20. The van der Waals surface area contributed by atoms with E-state index in [0.29, 0.717) is 6.42 Å². The molecule has 0 bridgehead atoms. The van der Waals surface area contributed by atoms with E-state index in [1.807, 2.05) is 20.8 Å². The molecule has 0 aromatic carbocycles. The first-order chi connectivity index (χ1) is 4.83. The van der Waals surface area contributed by atoms with E-state index in [4.69, 9.17) is 10.00 Å². The molecule has 1 atom stereocenters. The number of alkyl halides is 1. The minimum Gasteiger partial charge on any atom is -0.379 e. The van der Waals surface area contributed by atoms with Crippen molar-refractivity contribution in [3.05, 3.63) is 0 Å². The van der Waals surface area contributed by atoms with Gasteiger partial charge in [0.25, 0.3) is 0 Å². The van der Waals surface area contributed by atoms with E-state index in [-0.39, 0.29) is 5.60 Å². The molecule has 1 unspecified atom stereocenters. The van der Waals surface area contributed by atoms with Crippen LogP contribution < -0.4 is 0 Å². The Labute approximate surface area is 76.7 Å². The van der Waals surface area contributed by atoms with Gasteiger partial charge < -0.3 is 4.74 Å². The van der Waals surface area contributed by atoms with Crippen LogP contribution >= 0.6 is 15.9 Å². The van der Waals surface area contributed by atoms with Crippen molar-refractivity contribution in [1.82, 2.24) is 0 Å². The fourth-order valence-corrected chi connectivity index (χ4v) is 1.59. The molecule has 0 radical (unpaired) electrons. The van der Waals surface area contributed by atoms with Crippen molar-refractivity contribution < 1.29 is 4.74 Å². The minimum absolute atomic E-state index is 0.242. The Balaban J connectivity index is 4.16. The molecule has 11 heavy (non-hydrogen) atoms. The van der Waals surface area contributed by atoms with Crippen molar-refractivity contribution in [2.24, 2.45) is 0 Å². The Kier molecular flexibility index (Phi) is 3.53. The van der Waals surface area contributed by atoms with Crippen LogP contribution in [0.3, 0.4) is 0 Å². The number of nitriles is 1. The molecule has 0 aromatic heterocycles. The molecule has 0 spiro atoms. The number of hydrogen-bond acceptors (Lipinski definition) is 2. The third-order valence-electron chi connectivity index (χ3n) is 1.54. The van der Waals surface area contributed by atoms with Crippen LogP contribution in [-0.4, -0.2) is 17.0 Å². The summed E-state index contributed by atoms with van der Waals surface area (Å²) in [5.74, 6) is 0. The van der Waals surface area contributed by atoms with Crippen LogP contribution in [0.4, 0.5) is 0 Å². The van der Waals surface area contributed by atoms with E-state index in [1.165, 1.54) is 0 Å². The largest absolute Gasteiger partial charge is 0.379 e. The summed E-state index contributed by atoms with van der Waals surface area (Å²) >= 11 is 3.32. The molecule has 0 aliphatic rings. The van der Waals surface area contributed by atoms with Gasteiger partial charge in [0.2, 0.25) is 0 Å². The molecule has 0 heterocycles. The van der Waals surface area contributed by atoms with E-state index < -0.39 is 4.32 Å². The lowest BCUT2D eigenvalue weighted by molar-refractivity contribution is 0.0125. The van der Waals surface area contributed by atoms with Crippen molar-refractivity contribution in [2.75, 3.05) is 7.11 Å². The summed E-state index contributed by atoms with van der Waals surface area (Å²) in [7, 11) is 1.65. The zero-order valence-electron chi connectivity index (χ0n) is 7.44. The van der Waals surface area contributed by atoms with Crippen LogP contribution in [0, 0.1) is 11.3 Å². The van der Waals surface area contributed by atoms with Crippen LogP contribution in [0.5, 0.6) is 0 Å². The number of methoxy groups -OCH3 is 1. The lowest BCUT2D eigenvalue weighted by atomic mass is 9.96. The monoisotopic (exact) mass is 219 g/mol. The fraction of sp³-hybridized carbons (Fsp3) is 0.875. The summed E-state index contributed by atoms with van der Waals surface area (Å²) in [5, 5.41) is 8.70. The summed E-state index contributed by atoms with van der Waals surface area (Å²) in [6.07, 6.45) is 0.674. The van der Waals surface area contributed by atoms with E-state index in [9.17, 15) is 0 Å². The van der Waals surface area contributed by atoms with Gasteiger partial charge in [0.1, 0.15) is 4.32 Å². The zero-order valence-corrected chi connectivity index (χ0v) is 9.03. The van der Waals surface area contributed by atoms with Crippen molar-refractivity contribution in [3.63, 3.8) is 0 Å². The van der Waals surface area contributed by atoms with Gasteiger partial charge >= 0.3 is 0 Å². The Morgan fingerprint density at radius 2 is 1.91 bits per heavy atom. The summed E-state index contributed by atoms with van der Waals surface area (Å²) in [5.41, 5.74) is -0.242. The van der Waals surface area contributed by atoms with Gasteiger partial charge in [0.05, 0.1) is 11.7 Å². The zero-order chi connectivity index (χ0) is 9.12. The average Bonchev–Trinajstić information content (AvgIpc) is 1.86. The number of hydrogen-bond donors (Lipinski definition) is 0. The van der Waals surface area contributed by atoms with E-state index in [0.717, 1.165) is 0 Å². The number of nitrogens with zero attached hydrogens (tertiary/aromatic N) is 1. The maximum atomic E-state index is 8.70. The third kappa shape index (κ3) is 4.39. The molecule has 0 N–H and O–H groups in total. The van der Waals surface area contributed by atoms with Gasteiger partial charge in [-0.05, 0) is 20.8 Å². The van der Waals surface area contributed by atoms with Crippen LogP contribution in [0.15, 0.2) is 0 Å². The molecule has 0 aliphatic carbocycles. The van der Waals surface area contributed by atoms with Crippen molar-refractivity contribution >= 4 is 15.9 Å². The van der Waals surface area contributed by atoms with E-state index in [1.54, 1.807) is 7.11 Å². The summed E-state index contributed by atoms with van der Waals surface area (Å²) < 4.78 is 4.71. The lowest BCUT2D eigenvalue weighted by Gasteiger charge is -2.27. The molecule has 0 rings (SSSR count). The molecule has 0 fully saturated rings. The highest BCUT2D eigenvalue weighted by Crippen LogP contribution is 2.29. The summed E-state index contributed by atoms with van der Waals surface area (Å²) in [6, 6.07) is 2.17. The van der Waals surface area contributed by atoms with Gasteiger partial charge in [0, 0.05) is 13.5 Å². The van der Waals surface area contributed by atoms with Gasteiger partial charge in [0.15, 0.2) is 0 Å². The molecule has 0 saturated heterocycles. The molecule has 0 amide bonds. The lowest BCUT2D eigenvalue weighted by Crippen LogP contribution is -2.31. The molecule has 0 aromatic rings. The maximum absolute atomic E-state index is 8.70. The predicted molar refractivity (Wildman–Crippen MR) is 48.7 cm³/mol. The summed E-state index contributed by atoms with van der Waals surface area (Å²) in [6.45, 7) is 5.77. The van der Waals surface area contributed by atoms with Gasteiger partial charge in [-0.2, -0.15) is 5.26 Å². The Hall–Kier alpha value is -0.0700. The van der Waals surface area contributed by atoms with Crippen molar-refractivity contribution in [1.29, 1.82) is 5.26 Å². The highest BCUT2D eigenvalue weighted by molar-refractivity contribution is 9.10. The van der Waals surface area contributed by atoms with Gasteiger partial charge in [-0.1, -0.05) is 15.9 Å². The molecule has 3 heteroatoms. The van der Waals surface area contributed by atoms with Crippen LogP contribution in [0.2, 0.25) is 0 Å². The molecule has 64 valence electrons. The number of halogens is 1. The third-order valence-corrected chi connectivity index (χ3v) is 2.00. The van der Waals surface area contributed by atoms with Crippen LogP contribution in [0.25, 0.3) is 0 Å². The Bertz CT molecular complexity index is 169. The number of ether oxygens (including phenoxy) is 1. The standard InChI is InChI=1S/C8H14BrNO/c1-7(2,11-4)5-8(3,9)6-10/h5H2,1-4H3. The smallest absolute Gasteiger partial charge is 0.112 e. The number of rotatable bonds is 3. The first kappa shape index (κ1) is 10.9. The van der Waals surface area contributed by atoms with Gasteiger partial charge in [-0.3, -0.25) is 0 Å². The molecule has 0 aliphatic heterocycles. The normalized spacial score (nSPS) is 17.1. The second-order valence-electron chi connectivity index (χ2n) is 3.45. The summed E-state index contributed by atoms with van der Waals surface area (Å²) in [4.78, 5) is 0. The molecule has 2 nitrogen and oxygen atoms in total. The predicted octanol–water partition coefficient (Wildman–Crippen LogP) is 2.48. The SMILES string of the molecule is COC(C)(C)CC(C)(Br)C#N. The quantitative estimate of drug-likeness (QED) is 0.684. The molecule has 0 saturated carbocycles. The average molecular weight is 220 g/mol. The van der Waals surface area contributed by atoms with Crippen LogP contribution in [-0.2, 0) is 4.74 Å². The Morgan fingerprint density at radius 1 is 1.45 bits per heavy atom. The molecular weight excluding hydrogens is 206 g/mol. The van der Waals surface area contributed by atoms with E-state index >= 15 is 0 Å². The highest BCUT2D eigenvalue weighted by Gasteiger charge is 2.29. The Morgan fingerprint density at radius 3 is 2.18 bits per heavy atom. The van der Waals surface area contributed by atoms with Gasteiger partial charge in [-0.15, -0.1) is 0 Å². The maximum Gasteiger partial charge on any atom is 0.112 e. The highest BCUT2D eigenvalue weighted by atomic mass is 79.9.